The van der Waals surface area contributed by atoms with Crippen LogP contribution in [0.1, 0.15) is 40.0 Å². The third-order valence-corrected chi connectivity index (χ3v) is 6.39. The number of hydrogen-bond donors (Lipinski definition) is 1. The number of hydrogen-bond acceptors (Lipinski definition) is 2. The molecule has 0 spiro atoms. The molecule has 0 saturated heterocycles. The lowest BCUT2D eigenvalue weighted by Gasteiger charge is -2.36. The molecule has 13 heavy (non-hydrogen) atoms. The molecule has 3 heteroatoms. The molecule has 2 bridgehead atoms. The maximum atomic E-state index is 8.97. The van der Waals surface area contributed by atoms with Gasteiger partial charge in [-0.3, -0.25) is 0 Å². The minimum Gasteiger partial charge on any atom is -0.411 e. The lowest BCUT2D eigenvalue weighted by molar-refractivity contribution is 0.210. The van der Waals surface area contributed by atoms with E-state index in [1.807, 2.05) is 0 Å². The van der Waals surface area contributed by atoms with Gasteiger partial charge in [0.1, 0.15) is 0 Å². The van der Waals surface area contributed by atoms with Crippen molar-refractivity contribution in [3.63, 3.8) is 0 Å². The largest absolute Gasteiger partial charge is 0.411 e. The zero-order chi connectivity index (χ0) is 9.91. The highest BCUT2D eigenvalue weighted by Gasteiger charge is 2.67. The van der Waals surface area contributed by atoms with Gasteiger partial charge in [0.05, 0.1) is 5.71 Å². The number of oxime groups is 1. The average Bonchev–Trinajstić information content (AvgIpc) is 2.32. The maximum absolute atomic E-state index is 8.97. The van der Waals surface area contributed by atoms with Crippen LogP contribution >= 0.6 is 15.9 Å². The highest BCUT2D eigenvalue weighted by Crippen LogP contribution is 2.69. The molecule has 0 aromatic rings. The Hall–Kier alpha value is -0.0500. The fraction of sp³-hybridized carbons (Fsp3) is 0.900. The number of fused-ring (bicyclic) bond motifs is 2. The molecule has 0 unspecified atom stereocenters. The number of halogens is 1. The number of nitrogens with zero attached hydrogens (tertiary/aromatic N) is 1. The molecule has 2 nitrogen and oxygen atoms in total. The molecular weight excluding hydrogens is 230 g/mol. The summed E-state index contributed by atoms with van der Waals surface area (Å²) >= 11 is 3.83. The first-order valence-electron chi connectivity index (χ1n) is 4.78. The van der Waals surface area contributed by atoms with E-state index in [2.05, 4.69) is 41.9 Å². The van der Waals surface area contributed by atoms with Crippen molar-refractivity contribution >= 4 is 21.6 Å². The van der Waals surface area contributed by atoms with Crippen molar-refractivity contribution in [1.82, 2.24) is 0 Å². The van der Waals surface area contributed by atoms with Crippen molar-refractivity contribution in [2.75, 3.05) is 0 Å². The molecule has 0 aliphatic heterocycles. The van der Waals surface area contributed by atoms with E-state index in [1.54, 1.807) is 0 Å². The summed E-state index contributed by atoms with van der Waals surface area (Å²) in [5.74, 6) is 0. The predicted molar refractivity (Wildman–Crippen MR) is 56.6 cm³/mol. The summed E-state index contributed by atoms with van der Waals surface area (Å²) in [4.78, 5) is 0. The van der Waals surface area contributed by atoms with Gasteiger partial charge < -0.3 is 5.21 Å². The lowest BCUT2D eigenvalue weighted by atomic mass is 9.70. The van der Waals surface area contributed by atoms with Gasteiger partial charge in [0.25, 0.3) is 0 Å². The zero-order valence-corrected chi connectivity index (χ0v) is 9.98. The van der Waals surface area contributed by atoms with E-state index in [-0.39, 0.29) is 15.2 Å². The molecule has 0 amide bonds. The van der Waals surface area contributed by atoms with E-state index in [0.717, 1.165) is 18.6 Å². The third-order valence-electron chi connectivity index (χ3n) is 4.73. The fourth-order valence-corrected chi connectivity index (χ4v) is 3.89. The molecule has 1 N–H and O–H groups in total. The summed E-state index contributed by atoms with van der Waals surface area (Å²) in [6.45, 7) is 6.76. The molecule has 0 aromatic carbocycles. The van der Waals surface area contributed by atoms with Crippen LogP contribution in [0.4, 0.5) is 0 Å². The second-order valence-corrected chi connectivity index (χ2v) is 6.66. The summed E-state index contributed by atoms with van der Waals surface area (Å²) in [6, 6.07) is 0. The second kappa shape index (κ2) is 2.30. The Morgan fingerprint density at radius 2 is 1.92 bits per heavy atom. The Labute approximate surface area is 87.5 Å². The van der Waals surface area contributed by atoms with E-state index in [1.165, 1.54) is 6.42 Å². The normalized spacial score (nSPS) is 50.3. The van der Waals surface area contributed by atoms with Crippen LogP contribution in [-0.4, -0.2) is 15.2 Å². The maximum Gasteiger partial charge on any atom is 0.0649 e. The number of rotatable bonds is 0. The number of alkyl halides is 1. The second-order valence-electron chi connectivity index (χ2n) is 5.15. The molecular formula is C10H16BrNO. The van der Waals surface area contributed by atoms with Crippen LogP contribution < -0.4 is 0 Å². The van der Waals surface area contributed by atoms with Crippen LogP contribution in [-0.2, 0) is 0 Å². The van der Waals surface area contributed by atoms with E-state index in [9.17, 15) is 0 Å². The quantitative estimate of drug-likeness (QED) is 0.397. The summed E-state index contributed by atoms with van der Waals surface area (Å²) in [6.07, 6.45) is 3.22. The predicted octanol–water partition coefficient (Wildman–Crippen LogP) is 3.18. The topological polar surface area (TPSA) is 32.6 Å². The zero-order valence-electron chi connectivity index (χ0n) is 8.39. The highest BCUT2D eigenvalue weighted by molar-refractivity contribution is 9.10. The van der Waals surface area contributed by atoms with Crippen molar-refractivity contribution in [1.29, 1.82) is 0 Å². The van der Waals surface area contributed by atoms with Gasteiger partial charge in [-0.05, 0) is 18.3 Å². The van der Waals surface area contributed by atoms with Crippen LogP contribution in [0.3, 0.4) is 0 Å². The van der Waals surface area contributed by atoms with E-state index in [0.29, 0.717) is 0 Å². The van der Waals surface area contributed by atoms with Gasteiger partial charge in [-0.1, -0.05) is 41.9 Å². The van der Waals surface area contributed by atoms with Gasteiger partial charge in [-0.25, -0.2) is 0 Å². The van der Waals surface area contributed by atoms with Crippen molar-refractivity contribution < 1.29 is 5.21 Å². The lowest BCUT2D eigenvalue weighted by Crippen LogP contribution is -2.36. The molecule has 0 heterocycles. The summed E-state index contributed by atoms with van der Waals surface area (Å²) in [5, 5.41) is 12.4. The first-order chi connectivity index (χ1) is 5.87. The fourth-order valence-electron chi connectivity index (χ4n) is 2.99. The average molecular weight is 246 g/mol. The van der Waals surface area contributed by atoms with Gasteiger partial charge in [-0.15, -0.1) is 0 Å². The van der Waals surface area contributed by atoms with Gasteiger partial charge in [-0.2, -0.15) is 0 Å². The smallest absolute Gasteiger partial charge is 0.0649 e. The van der Waals surface area contributed by atoms with E-state index < -0.39 is 0 Å². The Morgan fingerprint density at radius 1 is 1.31 bits per heavy atom. The van der Waals surface area contributed by atoms with Crippen LogP contribution in [0.25, 0.3) is 0 Å². The Bertz CT molecular complexity index is 287. The van der Waals surface area contributed by atoms with Crippen molar-refractivity contribution in [2.45, 2.75) is 44.4 Å². The first kappa shape index (κ1) is 9.50. The van der Waals surface area contributed by atoms with Crippen molar-refractivity contribution in [3.05, 3.63) is 0 Å². The molecule has 0 aromatic heterocycles. The Morgan fingerprint density at radius 3 is 2.15 bits per heavy atom. The molecule has 2 saturated carbocycles. The SMILES string of the molecule is CC1(C)[C@]2(Br)CC[C@@]1(C)/C(=N\O)C2. The molecule has 2 aliphatic carbocycles. The summed E-state index contributed by atoms with van der Waals surface area (Å²) in [5.41, 5.74) is 1.26. The van der Waals surface area contributed by atoms with Crippen LogP contribution in [0.2, 0.25) is 0 Å². The van der Waals surface area contributed by atoms with Crippen LogP contribution in [0, 0.1) is 10.8 Å². The van der Waals surface area contributed by atoms with Gasteiger partial charge in [0.2, 0.25) is 0 Å². The minimum absolute atomic E-state index is 0.0885. The van der Waals surface area contributed by atoms with Gasteiger partial charge in [0, 0.05) is 16.2 Å². The van der Waals surface area contributed by atoms with E-state index >= 15 is 0 Å². The molecule has 2 atom stereocenters. The van der Waals surface area contributed by atoms with Crippen molar-refractivity contribution in [3.8, 4) is 0 Å². The molecule has 2 fully saturated rings. The van der Waals surface area contributed by atoms with Gasteiger partial charge >= 0.3 is 0 Å². The molecule has 74 valence electrons. The monoisotopic (exact) mass is 245 g/mol. The van der Waals surface area contributed by atoms with Crippen LogP contribution in [0.15, 0.2) is 5.16 Å². The summed E-state index contributed by atoms with van der Waals surface area (Å²) < 4.78 is 0.163. The summed E-state index contributed by atoms with van der Waals surface area (Å²) in [7, 11) is 0. The molecule has 2 rings (SSSR count). The van der Waals surface area contributed by atoms with E-state index in [4.69, 9.17) is 5.21 Å². The Balaban J connectivity index is 2.55. The Kier molecular flexibility index (Phi) is 1.68. The molecule has 0 radical (unpaired) electrons. The van der Waals surface area contributed by atoms with Crippen LogP contribution in [0.5, 0.6) is 0 Å². The minimum atomic E-state index is 0.0885. The van der Waals surface area contributed by atoms with Crippen molar-refractivity contribution in [2.24, 2.45) is 16.0 Å². The third kappa shape index (κ3) is 0.821. The molecule has 2 aliphatic rings. The first-order valence-corrected chi connectivity index (χ1v) is 5.57. The standard InChI is InChI=1S/C10H16BrNO/c1-8(2)9(3)4-5-10(8,11)6-7(9)12-13/h13H,4-6H2,1-3H3/b12-7-/t9-,10-/m0/s1. The van der Waals surface area contributed by atoms with Gasteiger partial charge in [0.15, 0.2) is 0 Å². The highest BCUT2D eigenvalue weighted by atomic mass is 79.9.